The standard InChI is InChI=1S/C21H29NO3/c1-6-14-21(4,24-5)20(23)22-18-12-13-19(25-15(3)7-2)17-11-9-8-10-16(17)18/h8-13,15H,6-7,14H2,1-5H3,(H,22,23)/t15-,21-/m1/s1. The zero-order chi connectivity index (χ0) is 18.4. The molecule has 0 saturated carbocycles. The number of carbonyl (C=O) groups is 1. The summed E-state index contributed by atoms with van der Waals surface area (Å²) in [5.74, 6) is 0.712. The van der Waals surface area contributed by atoms with Gasteiger partial charge in [-0.2, -0.15) is 0 Å². The van der Waals surface area contributed by atoms with Crippen molar-refractivity contribution in [3.8, 4) is 5.75 Å². The number of benzene rings is 2. The summed E-state index contributed by atoms with van der Waals surface area (Å²) in [7, 11) is 1.58. The first kappa shape index (κ1) is 19.3. The smallest absolute Gasteiger partial charge is 0.256 e. The molecule has 0 unspecified atom stereocenters. The summed E-state index contributed by atoms with van der Waals surface area (Å²) in [6.45, 7) is 8.02. The van der Waals surface area contributed by atoms with Crippen molar-refractivity contribution in [3.63, 3.8) is 0 Å². The molecule has 0 heterocycles. The lowest BCUT2D eigenvalue weighted by molar-refractivity contribution is -0.136. The van der Waals surface area contributed by atoms with E-state index in [0.717, 1.165) is 35.1 Å². The number of fused-ring (bicyclic) bond motifs is 1. The van der Waals surface area contributed by atoms with Crippen molar-refractivity contribution in [2.24, 2.45) is 0 Å². The number of methoxy groups -OCH3 is 1. The highest BCUT2D eigenvalue weighted by atomic mass is 16.5. The predicted octanol–water partition coefficient (Wildman–Crippen LogP) is 5.16. The monoisotopic (exact) mass is 343 g/mol. The van der Waals surface area contributed by atoms with Gasteiger partial charge in [0.25, 0.3) is 5.91 Å². The molecule has 0 aromatic heterocycles. The fourth-order valence-electron chi connectivity index (χ4n) is 2.82. The second-order valence-electron chi connectivity index (χ2n) is 6.63. The summed E-state index contributed by atoms with van der Waals surface area (Å²) in [6, 6.07) is 11.8. The van der Waals surface area contributed by atoms with Crippen LogP contribution in [0.3, 0.4) is 0 Å². The van der Waals surface area contributed by atoms with E-state index < -0.39 is 5.60 Å². The first-order valence-electron chi connectivity index (χ1n) is 9.00. The molecular weight excluding hydrogens is 314 g/mol. The normalized spacial score (nSPS) is 14.8. The number of hydrogen-bond donors (Lipinski definition) is 1. The fraction of sp³-hybridized carbons (Fsp3) is 0.476. The minimum Gasteiger partial charge on any atom is -0.490 e. The van der Waals surface area contributed by atoms with Crippen LogP contribution in [-0.4, -0.2) is 24.7 Å². The van der Waals surface area contributed by atoms with Gasteiger partial charge in [0, 0.05) is 23.6 Å². The predicted molar refractivity (Wildman–Crippen MR) is 103 cm³/mol. The molecular formula is C21H29NO3. The van der Waals surface area contributed by atoms with E-state index >= 15 is 0 Å². The number of ether oxygens (including phenoxy) is 2. The Morgan fingerprint density at radius 2 is 1.84 bits per heavy atom. The summed E-state index contributed by atoms with van der Waals surface area (Å²) in [5.41, 5.74) is -0.0571. The molecule has 4 heteroatoms. The van der Waals surface area contributed by atoms with Crippen LogP contribution in [0.1, 0.15) is 47.0 Å². The van der Waals surface area contributed by atoms with Crippen molar-refractivity contribution in [1.29, 1.82) is 0 Å². The van der Waals surface area contributed by atoms with Gasteiger partial charge in [0.1, 0.15) is 11.4 Å². The molecule has 0 spiro atoms. The highest BCUT2D eigenvalue weighted by Crippen LogP contribution is 2.33. The lowest BCUT2D eigenvalue weighted by Crippen LogP contribution is -2.41. The van der Waals surface area contributed by atoms with Crippen molar-refractivity contribution < 1.29 is 14.3 Å². The van der Waals surface area contributed by atoms with Gasteiger partial charge in [-0.25, -0.2) is 0 Å². The molecule has 2 rings (SSSR count). The van der Waals surface area contributed by atoms with E-state index in [1.165, 1.54) is 0 Å². The Hall–Kier alpha value is -2.07. The van der Waals surface area contributed by atoms with Crippen LogP contribution in [-0.2, 0) is 9.53 Å². The molecule has 1 amide bonds. The van der Waals surface area contributed by atoms with Gasteiger partial charge in [-0.1, -0.05) is 44.5 Å². The van der Waals surface area contributed by atoms with Crippen LogP contribution in [0, 0.1) is 0 Å². The molecule has 25 heavy (non-hydrogen) atoms. The molecule has 2 aromatic rings. The number of rotatable bonds is 8. The Labute approximate surface area is 150 Å². The number of carbonyl (C=O) groups excluding carboxylic acids is 1. The summed E-state index contributed by atoms with van der Waals surface area (Å²) < 4.78 is 11.5. The number of hydrogen-bond acceptors (Lipinski definition) is 3. The molecule has 136 valence electrons. The average molecular weight is 343 g/mol. The summed E-state index contributed by atoms with van der Waals surface area (Å²) in [6.07, 6.45) is 2.63. The number of nitrogens with one attached hydrogen (secondary N) is 1. The highest BCUT2D eigenvalue weighted by molar-refractivity contribution is 6.06. The molecule has 0 saturated heterocycles. The molecule has 0 fully saturated rings. The third kappa shape index (κ3) is 4.31. The fourth-order valence-corrected chi connectivity index (χ4v) is 2.82. The SMILES string of the molecule is CCC[C@@](C)(OC)C(=O)Nc1ccc(O[C@H](C)CC)c2ccccc12. The van der Waals surface area contributed by atoms with E-state index in [4.69, 9.17) is 9.47 Å². The van der Waals surface area contributed by atoms with Crippen LogP contribution in [0.15, 0.2) is 36.4 Å². The Bertz CT molecular complexity index is 728. The van der Waals surface area contributed by atoms with Crippen molar-refractivity contribution in [2.75, 3.05) is 12.4 Å². The van der Waals surface area contributed by atoms with Gasteiger partial charge in [-0.15, -0.1) is 0 Å². The number of amides is 1. The first-order chi connectivity index (χ1) is 11.9. The van der Waals surface area contributed by atoms with Crippen LogP contribution < -0.4 is 10.1 Å². The molecule has 0 bridgehead atoms. The quantitative estimate of drug-likeness (QED) is 0.720. The van der Waals surface area contributed by atoms with Gasteiger partial charge in [0.15, 0.2) is 0 Å². The third-order valence-electron chi connectivity index (χ3n) is 4.69. The zero-order valence-electron chi connectivity index (χ0n) is 15.9. The van der Waals surface area contributed by atoms with E-state index in [0.29, 0.717) is 6.42 Å². The van der Waals surface area contributed by atoms with Crippen LogP contribution in [0.5, 0.6) is 5.75 Å². The maximum absolute atomic E-state index is 12.7. The molecule has 0 aliphatic carbocycles. The minimum absolute atomic E-state index is 0.127. The topological polar surface area (TPSA) is 47.6 Å². The van der Waals surface area contributed by atoms with Crippen LogP contribution in [0.25, 0.3) is 10.8 Å². The molecule has 1 N–H and O–H groups in total. The molecule has 0 aliphatic rings. The van der Waals surface area contributed by atoms with Crippen LogP contribution >= 0.6 is 0 Å². The second-order valence-corrected chi connectivity index (χ2v) is 6.63. The first-order valence-corrected chi connectivity index (χ1v) is 9.00. The molecule has 2 atom stereocenters. The van der Waals surface area contributed by atoms with Gasteiger partial charge in [0.05, 0.1) is 6.10 Å². The van der Waals surface area contributed by atoms with E-state index in [9.17, 15) is 4.79 Å². The van der Waals surface area contributed by atoms with Crippen molar-refractivity contribution in [1.82, 2.24) is 0 Å². The van der Waals surface area contributed by atoms with E-state index in [-0.39, 0.29) is 12.0 Å². The molecule has 0 aliphatic heterocycles. The Morgan fingerprint density at radius 3 is 2.44 bits per heavy atom. The maximum Gasteiger partial charge on any atom is 0.256 e. The van der Waals surface area contributed by atoms with Crippen molar-refractivity contribution in [3.05, 3.63) is 36.4 Å². The second kappa shape index (κ2) is 8.34. The summed E-state index contributed by atoms with van der Waals surface area (Å²) in [5, 5.41) is 5.00. The van der Waals surface area contributed by atoms with Crippen molar-refractivity contribution in [2.45, 2.75) is 58.7 Å². The minimum atomic E-state index is -0.832. The Morgan fingerprint density at radius 1 is 1.16 bits per heavy atom. The lowest BCUT2D eigenvalue weighted by atomic mass is 9.98. The zero-order valence-corrected chi connectivity index (χ0v) is 15.9. The Kier molecular flexibility index (Phi) is 6.43. The van der Waals surface area contributed by atoms with E-state index in [1.807, 2.05) is 50.2 Å². The Balaban J connectivity index is 2.37. The van der Waals surface area contributed by atoms with Gasteiger partial charge in [-0.05, 0) is 38.8 Å². The maximum atomic E-state index is 12.7. The van der Waals surface area contributed by atoms with E-state index in [2.05, 4.69) is 19.2 Å². The number of anilines is 1. The highest BCUT2D eigenvalue weighted by Gasteiger charge is 2.32. The van der Waals surface area contributed by atoms with Gasteiger partial charge in [0.2, 0.25) is 0 Å². The third-order valence-corrected chi connectivity index (χ3v) is 4.69. The molecule has 0 radical (unpaired) electrons. The lowest BCUT2D eigenvalue weighted by Gasteiger charge is -2.27. The van der Waals surface area contributed by atoms with Crippen molar-refractivity contribution >= 4 is 22.4 Å². The van der Waals surface area contributed by atoms with Gasteiger partial charge in [-0.3, -0.25) is 4.79 Å². The average Bonchev–Trinajstić information content (AvgIpc) is 2.63. The van der Waals surface area contributed by atoms with Crippen LogP contribution in [0.4, 0.5) is 5.69 Å². The summed E-state index contributed by atoms with van der Waals surface area (Å²) in [4.78, 5) is 12.7. The summed E-state index contributed by atoms with van der Waals surface area (Å²) >= 11 is 0. The van der Waals surface area contributed by atoms with Crippen LogP contribution in [0.2, 0.25) is 0 Å². The molecule has 4 nitrogen and oxygen atoms in total. The largest absolute Gasteiger partial charge is 0.490 e. The molecule has 2 aromatic carbocycles. The van der Waals surface area contributed by atoms with Gasteiger partial charge < -0.3 is 14.8 Å². The van der Waals surface area contributed by atoms with Gasteiger partial charge >= 0.3 is 0 Å². The van der Waals surface area contributed by atoms with E-state index in [1.54, 1.807) is 7.11 Å².